The second kappa shape index (κ2) is 6.63. The largest absolute Gasteiger partial charge is 0.341 e. The molecule has 2 heterocycles. The molecule has 0 unspecified atom stereocenters. The second-order valence-corrected chi connectivity index (χ2v) is 4.92. The van der Waals surface area contributed by atoms with Gasteiger partial charge in [0.05, 0.1) is 6.04 Å². The Kier molecular flexibility index (Phi) is 4.84. The predicted octanol–water partition coefficient (Wildman–Crippen LogP) is 1.85. The fourth-order valence-corrected chi connectivity index (χ4v) is 2.14. The Morgan fingerprint density at radius 1 is 1.45 bits per heavy atom. The summed E-state index contributed by atoms with van der Waals surface area (Å²) in [6.45, 7) is 4.46. The highest BCUT2D eigenvalue weighted by Gasteiger charge is 2.21. The lowest BCUT2D eigenvalue weighted by Gasteiger charge is -2.14. The van der Waals surface area contributed by atoms with Gasteiger partial charge in [0, 0.05) is 13.6 Å². The van der Waals surface area contributed by atoms with Gasteiger partial charge in [0.2, 0.25) is 0 Å². The number of aryl methyl sites for hydroxylation is 2. The molecule has 1 atom stereocenters. The van der Waals surface area contributed by atoms with Gasteiger partial charge in [-0.3, -0.25) is 9.48 Å². The third-order valence-corrected chi connectivity index (χ3v) is 3.17. The number of carbonyl (C=O) groups excluding carboxylic acids is 1. The molecule has 0 aliphatic carbocycles. The minimum absolute atomic E-state index is 0.0729. The fraction of sp³-hybridized carbons (Fsp3) is 0.538. The molecule has 1 N–H and O–H groups in total. The normalized spacial score (nSPS) is 12.6. The number of hydrogen-bond donors (Lipinski definition) is 1. The highest BCUT2D eigenvalue weighted by molar-refractivity contribution is 5.92. The monoisotopic (exact) mass is 312 g/mol. The molecule has 0 saturated carbocycles. The van der Waals surface area contributed by atoms with E-state index in [1.807, 2.05) is 6.92 Å². The summed E-state index contributed by atoms with van der Waals surface area (Å²) in [6, 6.07) is 0.690. The van der Waals surface area contributed by atoms with Crippen molar-refractivity contribution in [3.05, 3.63) is 29.6 Å². The van der Waals surface area contributed by atoms with Crippen molar-refractivity contribution >= 4 is 5.91 Å². The van der Waals surface area contributed by atoms with Gasteiger partial charge < -0.3 is 5.32 Å². The van der Waals surface area contributed by atoms with Crippen molar-refractivity contribution in [2.75, 3.05) is 0 Å². The van der Waals surface area contributed by atoms with E-state index in [4.69, 9.17) is 0 Å². The van der Waals surface area contributed by atoms with Crippen molar-refractivity contribution in [2.24, 2.45) is 7.05 Å². The van der Waals surface area contributed by atoms with Crippen LogP contribution >= 0.6 is 0 Å². The van der Waals surface area contributed by atoms with Gasteiger partial charge >= 0.3 is 0 Å². The van der Waals surface area contributed by atoms with E-state index >= 15 is 0 Å². The zero-order valence-corrected chi connectivity index (χ0v) is 12.6. The predicted molar refractivity (Wildman–Crippen MR) is 74.4 cm³/mol. The van der Waals surface area contributed by atoms with Crippen LogP contribution in [0, 0.1) is 0 Å². The van der Waals surface area contributed by atoms with E-state index in [-0.39, 0.29) is 5.69 Å². The van der Waals surface area contributed by atoms with Gasteiger partial charge in [-0.2, -0.15) is 10.2 Å². The first-order chi connectivity index (χ1) is 10.4. The van der Waals surface area contributed by atoms with Crippen LogP contribution in [0.3, 0.4) is 0 Å². The molecule has 9 heteroatoms. The van der Waals surface area contributed by atoms with Crippen molar-refractivity contribution < 1.29 is 13.6 Å². The number of amides is 1. The van der Waals surface area contributed by atoms with Gasteiger partial charge in [0.15, 0.2) is 0 Å². The van der Waals surface area contributed by atoms with Crippen LogP contribution in [0.4, 0.5) is 8.78 Å². The summed E-state index contributed by atoms with van der Waals surface area (Å²) in [5, 5.41) is 10.4. The molecule has 7 nitrogen and oxygen atoms in total. The van der Waals surface area contributed by atoms with Crippen LogP contribution < -0.4 is 5.32 Å². The molecule has 0 saturated heterocycles. The molecule has 1 amide bonds. The van der Waals surface area contributed by atoms with Gasteiger partial charge in [0.25, 0.3) is 12.3 Å². The zero-order valence-electron chi connectivity index (χ0n) is 12.6. The Morgan fingerprint density at radius 2 is 2.18 bits per heavy atom. The third-order valence-electron chi connectivity index (χ3n) is 3.17. The van der Waals surface area contributed by atoms with E-state index in [1.54, 1.807) is 11.6 Å². The van der Waals surface area contributed by atoms with E-state index in [0.29, 0.717) is 12.4 Å². The molecule has 0 radical (unpaired) electrons. The van der Waals surface area contributed by atoms with Crippen LogP contribution in [0.25, 0.3) is 0 Å². The summed E-state index contributed by atoms with van der Waals surface area (Å²) in [7, 11) is 1.45. The van der Waals surface area contributed by atoms with E-state index in [0.717, 1.165) is 17.2 Å². The highest BCUT2D eigenvalue weighted by Crippen LogP contribution is 2.18. The Labute approximate surface area is 126 Å². The topological polar surface area (TPSA) is 77.6 Å². The molecular weight excluding hydrogens is 294 g/mol. The van der Waals surface area contributed by atoms with Crippen LogP contribution in [0.15, 0.2) is 12.4 Å². The number of rotatable bonds is 6. The van der Waals surface area contributed by atoms with E-state index in [2.05, 4.69) is 20.5 Å². The quantitative estimate of drug-likeness (QED) is 0.883. The van der Waals surface area contributed by atoms with Gasteiger partial charge in [-0.1, -0.05) is 6.92 Å². The molecule has 0 spiro atoms. The molecule has 22 heavy (non-hydrogen) atoms. The second-order valence-electron chi connectivity index (χ2n) is 4.92. The molecule has 0 aliphatic rings. The minimum Gasteiger partial charge on any atom is -0.341 e. The van der Waals surface area contributed by atoms with E-state index < -0.39 is 24.1 Å². The fourth-order valence-electron chi connectivity index (χ4n) is 2.14. The van der Waals surface area contributed by atoms with Crippen LogP contribution in [0.1, 0.15) is 54.7 Å². The van der Waals surface area contributed by atoms with Crippen LogP contribution in [0.5, 0.6) is 0 Å². The third kappa shape index (κ3) is 3.29. The first kappa shape index (κ1) is 16.1. The molecule has 0 bridgehead atoms. The van der Waals surface area contributed by atoms with Crippen LogP contribution in [-0.2, 0) is 13.6 Å². The van der Waals surface area contributed by atoms with E-state index in [1.165, 1.54) is 13.4 Å². The van der Waals surface area contributed by atoms with Crippen molar-refractivity contribution in [1.82, 2.24) is 29.9 Å². The van der Waals surface area contributed by atoms with Crippen LogP contribution in [0.2, 0.25) is 0 Å². The molecule has 120 valence electrons. The maximum Gasteiger partial charge on any atom is 0.282 e. The highest BCUT2D eigenvalue weighted by atomic mass is 19.3. The molecule has 0 fully saturated rings. The average molecular weight is 312 g/mol. The van der Waals surface area contributed by atoms with Crippen molar-refractivity contribution in [2.45, 2.75) is 39.3 Å². The van der Waals surface area contributed by atoms with Gasteiger partial charge in [-0.05, 0) is 19.4 Å². The molecule has 0 aliphatic heterocycles. The number of nitrogens with zero attached hydrogens (tertiary/aromatic N) is 5. The number of hydrogen-bond acceptors (Lipinski definition) is 4. The molecule has 2 rings (SSSR count). The van der Waals surface area contributed by atoms with E-state index in [9.17, 15) is 13.6 Å². The zero-order chi connectivity index (χ0) is 16.3. The Bertz CT molecular complexity index is 651. The maximum atomic E-state index is 12.6. The number of alkyl halides is 2. The first-order valence-electron chi connectivity index (χ1n) is 6.94. The maximum absolute atomic E-state index is 12.6. The number of nitrogens with one attached hydrogen (secondary N) is 1. The lowest BCUT2D eigenvalue weighted by Crippen LogP contribution is -2.30. The Balaban J connectivity index is 2.12. The number of halogens is 2. The summed E-state index contributed by atoms with van der Waals surface area (Å²) < 4.78 is 28.1. The minimum atomic E-state index is -2.71. The van der Waals surface area contributed by atoms with Crippen LogP contribution in [-0.4, -0.2) is 30.5 Å². The molecule has 2 aromatic rings. The summed E-state index contributed by atoms with van der Waals surface area (Å²) >= 11 is 0. The Hall–Kier alpha value is -2.32. The lowest BCUT2D eigenvalue weighted by molar-refractivity contribution is 0.0928. The number of aromatic nitrogens is 5. The van der Waals surface area contributed by atoms with Gasteiger partial charge in [-0.15, -0.1) is 0 Å². The summed E-state index contributed by atoms with van der Waals surface area (Å²) in [5.74, 6) is 0.131. The smallest absolute Gasteiger partial charge is 0.282 e. The molecule has 0 aromatic carbocycles. The standard InChI is InChI=1S/C13H18F2N6O/c1-4-5-21-12(16-7-17-21)8(2)18-13(22)10-6-9(11(14)15)19-20(10)3/h6-8,11H,4-5H2,1-3H3,(H,18,22)/t8-/m0/s1. The molecular formula is C13H18F2N6O. The van der Waals surface area contributed by atoms with Gasteiger partial charge in [0.1, 0.15) is 23.5 Å². The van der Waals surface area contributed by atoms with Gasteiger partial charge in [-0.25, -0.2) is 18.4 Å². The molecule has 2 aromatic heterocycles. The summed E-state index contributed by atoms with van der Waals surface area (Å²) in [5.41, 5.74) is -0.349. The lowest BCUT2D eigenvalue weighted by atomic mass is 10.2. The summed E-state index contributed by atoms with van der Waals surface area (Å²) in [6.07, 6.45) is -0.402. The van der Waals surface area contributed by atoms with Crippen molar-refractivity contribution in [3.8, 4) is 0 Å². The average Bonchev–Trinajstić information content (AvgIpc) is 3.05. The van der Waals surface area contributed by atoms with Crippen molar-refractivity contribution in [3.63, 3.8) is 0 Å². The Morgan fingerprint density at radius 3 is 2.77 bits per heavy atom. The number of carbonyl (C=O) groups is 1. The SMILES string of the molecule is CCCn1ncnc1[C@H](C)NC(=O)c1cc(C(F)F)nn1C. The summed E-state index contributed by atoms with van der Waals surface area (Å²) in [4.78, 5) is 16.3. The first-order valence-corrected chi connectivity index (χ1v) is 6.94. The van der Waals surface area contributed by atoms with Crippen molar-refractivity contribution in [1.29, 1.82) is 0 Å².